The molecule has 1 aromatic rings. The number of anilines is 2. The Morgan fingerprint density at radius 3 is 2.39 bits per heavy atom. The van der Waals surface area contributed by atoms with Crippen LogP contribution in [-0.2, 0) is 4.79 Å². The summed E-state index contributed by atoms with van der Waals surface area (Å²) in [5.41, 5.74) is 16.7. The van der Waals surface area contributed by atoms with Crippen LogP contribution in [-0.4, -0.2) is 17.4 Å². The van der Waals surface area contributed by atoms with Crippen molar-refractivity contribution in [3.8, 4) is 0 Å². The van der Waals surface area contributed by atoms with Gasteiger partial charge in [0.05, 0.1) is 16.9 Å². The van der Waals surface area contributed by atoms with Gasteiger partial charge in [-0.25, -0.2) is 0 Å². The van der Waals surface area contributed by atoms with Crippen LogP contribution < -0.4 is 22.5 Å². The molecule has 0 saturated heterocycles. The fourth-order valence-electron chi connectivity index (χ4n) is 1.73. The second kappa shape index (κ2) is 4.95. The number of benzene rings is 1. The fourth-order valence-corrected chi connectivity index (χ4v) is 1.73. The molecule has 0 aliphatic carbocycles. The average molecular weight is 250 g/mol. The minimum Gasteiger partial charge on any atom is -0.396 e. The molecule has 98 valence electrons. The normalized spacial score (nSPS) is 11.0. The molecule has 0 aromatic heterocycles. The molecule has 0 heterocycles. The van der Waals surface area contributed by atoms with E-state index in [9.17, 15) is 9.59 Å². The maximum absolute atomic E-state index is 11.2. The summed E-state index contributed by atoms with van der Waals surface area (Å²) >= 11 is 0. The first-order valence-electron chi connectivity index (χ1n) is 5.48. The van der Waals surface area contributed by atoms with E-state index >= 15 is 0 Å². The molecule has 0 bridgehead atoms. The molecule has 0 radical (unpaired) electrons. The summed E-state index contributed by atoms with van der Waals surface area (Å²) in [5.74, 6) is -1.01. The van der Waals surface area contributed by atoms with Crippen LogP contribution in [0.4, 0.5) is 11.4 Å². The Morgan fingerprint density at radius 1 is 1.28 bits per heavy atom. The minimum atomic E-state index is -0.594. The van der Waals surface area contributed by atoms with Crippen LogP contribution in [0.5, 0.6) is 0 Å². The van der Waals surface area contributed by atoms with Gasteiger partial charge in [-0.1, -0.05) is 6.07 Å². The SMILES string of the molecule is CC(C)(CC(N)=O)Nc1cccc(C(N)=O)c1N. The van der Waals surface area contributed by atoms with Gasteiger partial charge in [0, 0.05) is 12.0 Å². The standard InChI is InChI=1S/C12H18N4O2/c1-12(2,6-9(13)17)16-8-5-3-4-7(10(8)14)11(15)18/h3-5,16H,6,14H2,1-2H3,(H2,13,17)(H2,15,18). The van der Waals surface area contributed by atoms with Crippen LogP contribution in [0.1, 0.15) is 30.6 Å². The number of primary amides is 2. The lowest BCUT2D eigenvalue weighted by molar-refractivity contribution is -0.118. The smallest absolute Gasteiger partial charge is 0.250 e. The number of nitrogens with two attached hydrogens (primary N) is 3. The monoisotopic (exact) mass is 250 g/mol. The van der Waals surface area contributed by atoms with E-state index in [1.165, 1.54) is 0 Å². The molecule has 0 aliphatic heterocycles. The first-order valence-corrected chi connectivity index (χ1v) is 5.48. The molecule has 6 nitrogen and oxygen atoms in total. The van der Waals surface area contributed by atoms with Crippen molar-refractivity contribution < 1.29 is 9.59 Å². The van der Waals surface area contributed by atoms with Crippen molar-refractivity contribution in [2.24, 2.45) is 11.5 Å². The summed E-state index contributed by atoms with van der Waals surface area (Å²) < 4.78 is 0. The Morgan fingerprint density at radius 2 is 1.89 bits per heavy atom. The molecule has 6 heteroatoms. The summed E-state index contributed by atoms with van der Waals surface area (Å²) in [6.45, 7) is 3.63. The van der Waals surface area contributed by atoms with Gasteiger partial charge in [-0.05, 0) is 26.0 Å². The predicted octanol–water partition coefficient (Wildman–Crippen LogP) is 0.434. The molecular weight excluding hydrogens is 232 g/mol. The Kier molecular flexibility index (Phi) is 3.80. The lowest BCUT2D eigenvalue weighted by atomic mass is 9.99. The highest BCUT2D eigenvalue weighted by Crippen LogP contribution is 2.26. The number of nitrogen functional groups attached to an aromatic ring is 1. The van der Waals surface area contributed by atoms with Crippen LogP contribution in [0.2, 0.25) is 0 Å². The number of amides is 2. The van der Waals surface area contributed by atoms with Crippen molar-refractivity contribution in [2.45, 2.75) is 25.8 Å². The van der Waals surface area contributed by atoms with Gasteiger partial charge in [-0.3, -0.25) is 9.59 Å². The first kappa shape index (κ1) is 13.8. The summed E-state index contributed by atoms with van der Waals surface area (Å²) in [6.07, 6.45) is 0.146. The van der Waals surface area contributed by atoms with Gasteiger partial charge in [-0.2, -0.15) is 0 Å². The van der Waals surface area contributed by atoms with Crippen molar-refractivity contribution in [3.05, 3.63) is 23.8 Å². The van der Waals surface area contributed by atoms with E-state index in [4.69, 9.17) is 17.2 Å². The number of nitrogens with one attached hydrogen (secondary N) is 1. The van der Waals surface area contributed by atoms with E-state index in [2.05, 4.69) is 5.32 Å². The number of rotatable bonds is 5. The van der Waals surface area contributed by atoms with E-state index in [0.29, 0.717) is 5.69 Å². The molecule has 0 saturated carbocycles. The molecule has 1 rings (SSSR count). The number of para-hydroxylation sites is 1. The van der Waals surface area contributed by atoms with Crippen LogP contribution in [0.25, 0.3) is 0 Å². The van der Waals surface area contributed by atoms with Crippen LogP contribution in [0.3, 0.4) is 0 Å². The third kappa shape index (κ3) is 3.38. The zero-order valence-electron chi connectivity index (χ0n) is 10.5. The van der Waals surface area contributed by atoms with Crippen molar-refractivity contribution in [1.29, 1.82) is 0 Å². The highest BCUT2D eigenvalue weighted by Gasteiger charge is 2.22. The molecule has 2 amide bonds. The van der Waals surface area contributed by atoms with Crippen molar-refractivity contribution in [3.63, 3.8) is 0 Å². The van der Waals surface area contributed by atoms with Crippen molar-refractivity contribution >= 4 is 23.2 Å². The second-order valence-electron chi connectivity index (χ2n) is 4.78. The lowest BCUT2D eigenvalue weighted by Gasteiger charge is -2.27. The number of carbonyl (C=O) groups is 2. The molecule has 18 heavy (non-hydrogen) atoms. The van der Waals surface area contributed by atoms with Gasteiger partial charge >= 0.3 is 0 Å². The lowest BCUT2D eigenvalue weighted by Crippen LogP contribution is -2.36. The number of hydrogen-bond acceptors (Lipinski definition) is 4. The Labute approximate surface area is 106 Å². The van der Waals surface area contributed by atoms with E-state index in [0.717, 1.165) is 0 Å². The molecule has 0 spiro atoms. The number of hydrogen-bond donors (Lipinski definition) is 4. The van der Waals surface area contributed by atoms with Crippen LogP contribution in [0, 0.1) is 0 Å². The summed E-state index contributed by atoms with van der Waals surface area (Å²) in [4.78, 5) is 22.1. The van der Waals surface area contributed by atoms with Gasteiger partial charge < -0.3 is 22.5 Å². The highest BCUT2D eigenvalue weighted by atomic mass is 16.1. The first-order chi connectivity index (χ1) is 8.23. The van der Waals surface area contributed by atoms with Gasteiger partial charge in [0.25, 0.3) is 5.91 Å². The molecule has 0 atom stereocenters. The largest absolute Gasteiger partial charge is 0.396 e. The zero-order valence-corrected chi connectivity index (χ0v) is 10.5. The zero-order chi connectivity index (χ0) is 13.9. The van der Waals surface area contributed by atoms with E-state index < -0.39 is 17.4 Å². The predicted molar refractivity (Wildman–Crippen MR) is 70.9 cm³/mol. The van der Waals surface area contributed by atoms with Gasteiger partial charge in [0.15, 0.2) is 0 Å². The molecule has 0 aliphatic rings. The minimum absolute atomic E-state index is 0.146. The van der Waals surface area contributed by atoms with E-state index in [-0.39, 0.29) is 17.7 Å². The van der Waals surface area contributed by atoms with Crippen molar-refractivity contribution in [2.75, 3.05) is 11.1 Å². The average Bonchev–Trinajstić information content (AvgIpc) is 2.18. The third-order valence-electron chi connectivity index (χ3n) is 2.46. The summed E-state index contributed by atoms with van der Waals surface area (Å²) in [5, 5.41) is 3.08. The molecule has 1 aromatic carbocycles. The van der Waals surface area contributed by atoms with Gasteiger partial charge in [-0.15, -0.1) is 0 Å². The summed E-state index contributed by atoms with van der Waals surface area (Å²) in [6, 6.07) is 4.92. The molecular formula is C12H18N4O2. The third-order valence-corrected chi connectivity index (χ3v) is 2.46. The molecule has 7 N–H and O–H groups in total. The second-order valence-corrected chi connectivity index (χ2v) is 4.78. The highest BCUT2D eigenvalue weighted by molar-refractivity contribution is 6.00. The van der Waals surface area contributed by atoms with Crippen LogP contribution in [0.15, 0.2) is 18.2 Å². The van der Waals surface area contributed by atoms with Gasteiger partial charge in [0.2, 0.25) is 5.91 Å². The van der Waals surface area contributed by atoms with E-state index in [1.807, 2.05) is 13.8 Å². The van der Waals surface area contributed by atoms with Crippen LogP contribution >= 0.6 is 0 Å². The maximum atomic E-state index is 11.2. The number of carbonyl (C=O) groups excluding carboxylic acids is 2. The fraction of sp³-hybridized carbons (Fsp3) is 0.333. The maximum Gasteiger partial charge on any atom is 0.250 e. The van der Waals surface area contributed by atoms with E-state index in [1.54, 1.807) is 18.2 Å². The molecule has 0 unspecified atom stereocenters. The summed E-state index contributed by atoms with van der Waals surface area (Å²) in [7, 11) is 0. The Bertz CT molecular complexity index is 483. The topological polar surface area (TPSA) is 124 Å². The Hall–Kier alpha value is -2.24. The Balaban J connectivity index is 3.01. The van der Waals surface area contributed by atoms with Gasteiger partial charge in [0.1, 0.15) is 0 Å². The quantitative estimate of drug-likeness (QED) is 0.566. The molecule has 0 fully saturated rings. The van der Waals surface area contributed by atoms with Crippen molar-refractivity contribution in [1.82, 2.24) is 0 Å².